The van der Waals surface area contributed by atoms with Gasteiger partial charge < -0.3 is 4.90 Å². The molecule has 1 aliphatic rings. The van der Waals surface area contributed by atoms with Crippen LogP contribution in [0.25, 0.3) is 10.2 Å². The second-order valence-corrected chi connectivity index (χ2v) is 5.87. The smallest absolute Gasteiger partial charge is 0.283 e. The number of rotatable bonds is 2. The lowest BCUT2D eigenvalue weighted by Crippen LogP contribution is -2.50. The van der Waals surface area contributed by atoms with Gasteiger partial charge in [0.15, 0.2) is 5.01 Å². The molecular weight excluding hydrogens is 272 g/mol. The van der Waals surface area contributed by atoms with Crippen LogP contribution in [0.4, 0.5) is 0 Å². The molecule has 0 unspecified atom stereocenters. The molecule has 5 nitrogen and oxygen atoms in total. The Morgan fingerprint density at radius 3 is 2.85 bits per heavy atom. The average molecular weight is 284 g/mol. The van der Waals surface area contributed by atoms with Crippen molar-refractivity contribution >= 4 is 27.5 Å². The van der Waals surface area contributed by atoms with Crippen molar-refractivity contribution in [3.05, 3.63) is 47.7 Å². The molecule has 0 atom stereocenters. The first-order valence-corrected chi connectivity index (χ1v) is 7.27. The lowest BCUT2D eigenvalue weighted by Gasteiger charge is -2.38. The minimum Gasteiger partial charge on any atom is -0.332 e. The molecule has 1 aliphatic heterocycles. The van der Waals surface area contributed by atoms with Gasteiger partial charge in [-0.1, -0.05) is 12.1 Å². The third-order valence-corrected chi connectivity index (χ3v) is 4.55. The molecule has 0 spiro atoms. The van der Waals surface area contributed by atoms with Crippen LogP contribution in [0.15, 0.2) is 42.7 Å². The number of fused-ring (bicyclic) bond motifs is 1. The average Bonchev–Trinajstić information content (AvgIpc) is 3.05. The zero-order valence-electron chi connectivity index (χ0n) is 10.6. The number of thiazole rings is 1. The van der Waals surface area contributed by atoms with Gasteiger partial charge in [0.1, 0.15) is 0 Å². The molecule has 2 aromatic heterocycles. The van der Waals surface area contributed by atoms with Gasteiger partial charge in [-0.2, -0.15) is 5.10 Å². The second kappa shape index (κ2) is 4.42. The number of carbonyl (C=O) groups excluding carboxylic acids is 1. The Kier molecular flexibility index (Phi) is 2.56. The van der Waals surface area contributed by atoms with Crippen molar-refractivity contribution in [3.8, 4) is 0 Å². The maximum absolute atomic E-state index is 12.4. The highest BCUT2D eigenvalue weighted by Gasteiger charge is 2.33. The molecule has 20 heavy (non-hydrogen) atoms. The van der Waals surface area contributed by atoms with Crippen LogP contribution in [-0.4, -0.2) is 38.7 Å². The number of benzene rings is 1. The van der Waals surface area contributed by atoms with Crippen LogP contribution in [-0.2, 0) is 0 Å². The third-order valence-electron chi connectivity index (χ3n) is 3.53. The highest BCUT2D eigenvalue weighted by molar-refractivity contribution is 7.20. The molecular formula is C14H12N4OS. The van der Waals surface area contributed by atoms with E-state index in [0.717, 1.165) is 10.2 Å². The summed E-state index contributed by atoms with van der Waals surface area (Å²) in [6.45, 7) is 1.41. The van der Waals surface area contributed by atoms with Crippen LogP contribution in [0.1, 0.15) is 15.8 Å². The summed E-state index contributed by atoms with van der Waals surface area (Å²) in [4.78, 5) is 18.6. The molecule has 1 saturated heterocycles. The topological polar surface area (TPSA) is 51.0 Å². The minimum absolute atomic E-state index is 0.0228. The monoisotopic (exact) mass is 284 g/mol. The van der Waals surface area contributed by atoms with Crippen molar-refractivity contribution in [3.63, 3.8) is 0 Å². The molecule has 100 valence electrons. The van der Waals surface area contributed by atoms with E-state index in [2.05, 4.69) is 10.1 Å². The number of aromatic nitrogens is 3. The summed E-state index contributed by atoms with van der Waals surface area (Å²) in [6.07, 6.45) is 3.70. The Morgan fingerprint density at radius 1 is 1.25 bits per heavy atom. The van der Waals surface area contributed by atoms with E-state index in [1.54, 1.807) is 6.20 Å². The van der Waals surface area contributed by atoms with E-state index < -0.39 is 0 Å². The van der Waals surface area contributed by atoms with Gasteiger partial charge in [-0.3, -0.25) is 9.48 Å². The van der Waals surface area contributed by atoms with Crippen molar-refractivity contribution < 1.29 is 4.79 Å². The van der Waals surface area contributed by atoms with Gasteiger partial charge in [0.2, 0.25) is 0 Å². The maximum atomic E-state index is 12.4. The number of para-hydroxylation sites is 1. The molecule has 0 aliphatic carbocycles. The van der Waals surface area contributed by atoms with Gasteiger partial charge in [-0.05, 0) is 18.2 Å². The molecule has 0 N–H and O–H groups in total. The maximum Gasteiger partial charge on any atom is 0.283 e. The van der Waals surface area contributed by atoms with Crippen LogP contribution in [0.3, 0.4) is 0 Å². The fourth-order valence-electron chi connectivity index (χ4n) is 2.38. The summed E-state index contributed by atoms with van der Waals surface area (Å²) in [5.41, 5.74) is 0.894. The Balaban J connectivity index is 1.51. The van der Waals surface area contributed by atoms with E-state index in [1.807, 2.05) is 46.1 Å². The number of hydrogen-bond donors (Lipinski definition) is 0. The summed E-state index contributed by atoms with van der Waals surface area (Å²) in [5, 5.41) is 4.78. The number of nitrogens with zero attached hydrogens (tertiary/aromatic N) is 4. The van der Waals surface area contributed by atoms with E-state index in [-0.39, 0.29) is 5.91 Å². The predicted molar refractivity (Wildman–Crippen MR) is 76.8 cm³/mol. The van der Waals surface area contributed by atoms with Crippen LogP contribution in [0, 0.1) is 0 Å². The SMILES string of the molecule is O=C(c1nc2ccccc2s1)N1CC(n2cccn2)C1. The fraction of sp³-hybridized carbons (Fsp3) is 0.214. The second-order valence-electron chi connectivity index (χ2n) is 4.84. The first-order valence-electron chi connectivity index (χ1n) is 6.45. The summed E-state index contributed by atoms with van der Waals surface area (Å²) in [5.74, 6) is 0.0228. The van der Waals surface area contributed by atoms with Gasteiger partial charge in [0.25, 0.3) is 5.91 Å². The van der Waals surface area contributed by atoms with E-state index in [0.29, 0.717) is 24.1 Å². The predicted octanol–water partition coefficient (Wildman–Crippen LogP) is 2.19. The van der Waals surface area contributed by atoms with Crippen molar-refractivity contribution in [2.45, 2.75) is 6.04 Å². The fourth-order valence-corrected chi connectivity index (χ4v) is 3.32. The number of likely N-dealkylation sites (tertiary alicyclic amines) is 1. The van der Waals surface area contributed by atoms with Crippen molar-refractivity contribution in [1.82, 2.24) is 19.7 Å². The quantitative estimate of drug-likeness (QED) is 0.725. The number of carbonyl (C=O) groups is 1. The van der Waals surface area contributed by atoms with Crippen LogP contribution in [0.2, 0.25) is 0 Å². The van der Waals surface area contributed by atoms with E-state index in [1.165, 1.54) is 11.3 Å². The van der Waals surface area contributed by atoms with Gasteiger partial charge in [0.05, 0.1) is 16.3 Å². The summed E-state index contributed by atoms with van der Waals surface area (Å²) in [7, 11) is 0. The van der Waals surface area contributed by atoms with Crippen LogP contribution < -0.4 is 0 Å². The lowest BCUT2D eigenvalue weighted by molar-refractivity contribution is 0.0501. The van der Waals surface area contributed by atoms with Gasteiger partial charge in [-0.15, -0.1) is 11.3 Å². The number of hydrogen-bond acceptors (Lipinski definition) is 4. The zero-order chi connectivity index (χ0) is 13.5. The van der Waals surface area contributed by atoms with E-state index in [4.69, 9.17) is 0 Å². The van der Waals surface area contributed by atoms with Crippen LogP contribution in [0.5, 0.6) is 0 Å². The van der Waals surface area contributed by atoms with Gasteiger partial charge in [-0.25, -0.2) is 4.98 Å². The van der Waals surface area contributed by atoms with Crippen LogP contribution >= 0.6 is 11.3 Å². The Morgan fingerprint density at radius 2 is 2.10 bits per heavy atom. The van der Waals surface area contributed by atoms with E-state index >= 15 is 0 Å². The van der Waals surface area contributed by atoms with Gasteiger partial charge in [0, 0.05) is 25.5 Å². The van der Waals surface area contributed by atoms with Gasteiger partial charge >= 0.3 is 0 Å². The van der Waals surface area contributed by atoms with Crippen molar-refractivity contribution in [1.29, 1.82) is 0 Å². The van der Waals surface area contributed by atoms with Crippen molar-refractivity contribution in [2.24, 2.45) is 0 Å². The normalized spacial score (nSPS) is 15.5. The molecule has 1 amide bonds. The molecule has 1 fully saturated rings. The summed E-state index contributed by atoms with van der Waals surface area (Å²) >= 11 is 1.46. The molecule has 0 radical (unpaired) electrons. The summed E-state index contributed by atoms with van der Waals surface area (Å²) < 4.78 is 2.96. The lowest BCUT2D eigenvalue weighted by atomic mass is 10.1. The first-order chi connectivity index (χ1) is 9.81. The Labute approximate surface area is 119 Å². The van der Waals surface area contributed by atoms with E-state index in [9.17, 15) is 4.79 Å². The Bertz CT molecular complexity index is 725. The standard InChI is InChI=1S/C14H12N4OS/c19-14(13-16-11-4-1-2-5-12(11)20-13)17-8-10(9-17)18-7-3-6-15-18/h1-7,10H,8-9H2. The minimum atomic E-state index is 0.0228. The zero-order valence-corrected chi connectivity index (χ0v) is 11.5. The summed E-state index contributed by atoms with van der Waals surface area (Å²) in [6, 6.07) is 10.0. The molecule has 0 bridgehead atoms. The highest BCUT2D eigenvalue weighted by Crippen LogP contribution is 2.26. The Hall–Kier alpha value is -2.21. The molecule has 4 rings (SSSR count). The molecule has 3 aromatic rings. The molecule has 3 heterocycles. The highest BCUT2D eigenvalue weighted by atomic mass is 32.1. The largest absolute Gasteiger partial charge is 0.332 e. The third kappa shape index (κ3) is 1.80. The molecule has 0 saturated carbocycles. The number of amides is 1. The molecule has 1 aromatic carbocycles. The first kappa shape index (κ1) is 11.6. The molecule has 6 heteroatoms. The van der Waals surface area contributed by atoms with Crippen molar-refractivity contribution in [2.75, 3.05) is 13.1 Å².